The van der Waals surface area contributed by atoms with Crippen LogP contribution in [0.15, 0.2) is 11.8 Å². The second-order valence-electron chi connectivity index (χ2n) is 2.83. The average molecular weight is 126 g/mol. The first kappa shape index (κ1) is 6.66. The van der Waals surface area contributed by atoms with Crippen molar-refractivity contribution in [2.75, 3.05) is 6.61 Å². The fourth-order valence-electron chi connectivity index (χ4n) is 1.03. The predicted octanol–water partition coefficient (Wildman–Crippen LogP) is 2.34. The van der Waals surface area contributed by atoms with Crippen LogP contribution in [0.25, 0.3) is 0 Å². The molecule has 1 nitrogen and oxygen atoms in total. The zero-order valence-electron chi connectivity index (χ0n) is 6.18. The van der Waals surface area contributed by atoms with Crippen molar-refractivity contribution in [2.45, 2.75) is 26.7 Å². The number of ether oxygens (including phenoxy) is 1. The van der Waals surface area contributed by atoms with Crippen LogP contribution in [0.3, 0.4) is 0 Å². The average Bonchev–Trinajstić information content (AvgIpc) is 2.15. The summed E-state index contributed by atoms with van der Waals surface area (Å²) in [5, 5.41) is 0. The highest BCUT2D eigenvalue weighted by Crippen LogP contribution is 2.17. The molecule has 0 radical (unpaired) electrons. The zero-order chi connectivity index (χ0) is 6.69. The monoisotopic (exact) mass is 126 g/mol. The minimum Gasteiger partial charge on any atom is -0.498 e. The lowest BCUT2D eigenvalue weighted by atomic mass is 10.2. The third kappa shape index (κ3) is 2.08. The molecule has 1 heteroatoms. The molecule has 1 aliphatic rings. The van der Waals surface area contributed by atoms with E-state index >= 15 is 0 Å². The van der Waals surface area contributed by atoms with E-state index in [4.69, 9.17) is 4.74 Å². The van der Waals surface area contributed by atoms with E-state index in [1.165, 1.54) is 12.2 Å². The third-order valence-corrected chi connectivity index (χ3v) is 1.37. The Morgan fingerprint density at radius 1 is 1.56 bits per heavy atom. The van der Waals surface area contributed by atoms with Crippen molar-refractivity contribution in [3.05, 3.63) is 11.8 Å². The molecule has 9 heavy (non-hydrogen) atoms. The van der Waals surface area contributed by atoms with E-state index < -0.39 is 0 Å². The Balaban J connectivity index is 2.39. The number of hydrogen-bond acceptors (Lipinski definition) is 1. The fraction of sp³-hybridized carbons (Fsp3) is 0.750. The highest BCUT2D eigenvalue weighted by atomic mass is 16.5. The van der Waals surface area contributed by atoms with Gasteiger partial charge in [0.1, 0.15) is 0 Å². The molecule has 1 rings (SSSR count). The van der Waals surface area contributed by atoms with Crippen LogP contribution >= 0.6 is 0 Å². The molecule has 0 aromatic rings. The third-order valence-electron chi connectivity index (χ3n) is 1.37. The summed E-state index contributed by atoms with van der Waals surface area (Å²) >= 11 is 0. The minimum atomic E-state index is 0.637. The van der Waals surface area contributed by atoms with Gasteiger partial charge >= 0.3 is 0 Å². The maximum Gasteiger partial charge on any atom is 0.0923 e. The van der Waals surface area contributed by atoms with Crippen molar-refractivity contribution in [3.63, 3.8) is 0 Å². The highest BCUT2D eigenvalue weighted by Gasteiger charge is 2.06. The van der Waals surface area contributed by atoms with Crippen molar-refractivity contribution in [3.8, 4) is 0 Å². The predicted molar refractivity (Wildman–Crippen MR) is 38.1 cm³/mol. The lowest BCUT2D eigenvalue weighted by Gasteiger charge is -1.99. The van der Waals surface area contributed by atoms with Crippen molar-refractivity contribution >= 4 is 0 Å². The van der Waals surface area contributed by atoms with Gasteiger partial charge in [0, 0.05) is 6.42 Å². The van der Waals surface area contributed by atoms with E-state index in [9.17, 15) is 0 Å². The molecule has 0 saturated carbocycles. The van der Waals surface area contributed by atoms with Gasteiger partial charge in [-0.25, -0.2) is 0 Å². The second-order valence-corrected chi connectivity index (χ2v) is 2.83. The van der Waals surface area contributed by atoms with Gasteiger partial charge in [-0.15, -0.1) is 0 Å². The van der Waals surface area contributed by atoms with Gasteiger partial charge < -0.3 is 4.74 Å². The van der Waals surface area contributed by atoms with E-state index in [0.29, 0.717) is 5.92 Å². The highest BCUT2D eigenvalue weighted by molar-refractivity contribution is 4.97. The normalized spacial score (nSPS) is 23.2. The Hall–Kier alpha value is -0.460. The molecule has 0 atom stereocenters. The molecule has 1 heterocycles. The van der Waals surface area contributed by atoms with E-state index in [2.05, 4.69) is 19.9 Å². The smallest absolute Gasteiger partial charge is 0.0923 e. The summed E-state index contributed by atoms with van der Waals surface area (Å²) in [5.41, 5.74) is 0. The summed E-state index contributed by atoms with van der Waals surface area (Å²) in [4.78, 5) is 0. The van der Waals surface area contributed by atoms with Gasteiger partial charge in [0.25, 0.3) is 0 Å². The van der Waals surface area contributed by atoms with Gasteiger partial charge in [-0.1, -0.05) is 13.8 Å². The Labute approximate surface area is 56.7 Å². The lowest BCUT2D eigenvalue weighted by molar-refractivity contribution is 0.261. The van der Waals surface area contributed by atoms with Gasteiger partial charge in [0.05, 0.1) is 12.4 Å². The molecular weight excluding hydrogens is 112 g/mol. The van der Waals surface area contributed by atoms with Crippen molar-refractivity contribution in [1.82, 2.24) is 0 Å². The molecule has 0 aromatic carbocycles. The Morgan fingerprint density at radius 2 is 2.33 bits per heavy atom. The summed E-state index contributed by atoms with van der Waals surface area (Å²) in [6, 6.07) is 0. The Morgan fingerprint density at radius 3 is 2.78 bits per heavy atom. The SMILES string of the molecule is CC(C)/C=C1/CCCO1. The standard InChI is InChI=1S/C8H14O/c1-7(2)6-8-4-3-5-9-8/h6-7H,3-5H2,1-2H3/b8-6-. The van der Waals surface area contributed by atoms with Crippen molar-refractivity contribution in [1.29, 1.82) is 0 Å². The first-order chi connectivity index (χ1) is 4.29. The molecule has 0 amide bonds. The van der Waals surface area contributed by atoms with Crippen LogP contribution in [0.1, 0.15) is 26.7 Å². The van der Waals surface area contributed by atoms with Crippen molar-refractivity contribution in [2.24, 2.45) is 5.92 Å². The molecule has 0 bridgehead atoms. The Kier molecular flexibility index (Phi) is 2.15. The summed E-state index contributed by atoms with van der Waals surface area (Å²) < 4.78 is 5.32. The van der Waals surface area contributed by atoms with E-state index in [-0.39, 0.29) is 0 Å². The molecule has 0 unspecified atom stereocenters. The van der Waals surface area contributed by atoms with Gasteiger partial charge in [-0.05, 0) is 18.4 Å². The van der Waals surface area contributed by atoms with Crippen molar-refractivity contribution < 1.29 is 4.74 Å². The Bertz CT molecular complexity index is 106. The fourth-order valence-corrected chi connectivity index (χ4v) is 1.03. The van der Waals surface area contributed by atoms with Crippen LogP contribution in [0, 0.1) is 5.92 Å². The molecule has 1 aliphatic heterocycles. The summed E-state index contributed by atoms with van der Waals surface area (Å²) in [5.74, 6) is 1.84. The minimum absolute atomic E-state index is 0.637. The summed E-state index contributed by atoms with van der Waals surface area (Å²) in [6.07, 6.45) is 4.56. The summed E-state index contributed by atoms with van der Waals surface area (Å²) in [6.45, 7) is 5.28. The molecule has 0 aromatic heterocycles. The zero-order valence-corrected chi connectivity index (χ0v) is 6.18. The van der Waals surface area contributed by atoms with Crippen LogP contribution < -0.4 is 0 Å². The first-order valence-electron chi connectivity index (χ1n) is 3.62. The molecule has 0 N–H and O–H groups in total. The molecule has 0 spiro atoms. The van der Waals surface area contributed by atoms with Gasteiger partial charge in [-0.2, -0.15) is 0 Å². The second kappa shape index (κ2) is 2.90. The maximum atomic E-state index is 5.32. The van der Waals surface area contributed by atoms with E-state index in [0.717, 1.165) is 13.0 Å². The maximum absolute atomic E-state index is 5.32. The van der Waals surface area contributed by atoms with Crippen LogP contribution in [0.4, 0.5) is 0 Å². The molecular formula is C8H14O. The largest absolute Gasteiger partial charge is 0.498 e. The van der Waals surface area contributed by atoms with Crippen LogP contribution in [-0.4, -0.2) is 6.61 Å². The van der Waals surface area contributed by atoms with Crippen LogP contribution in [0.2, 0.25) is 0 Å². The quantitative estimate of drug-likeness (QED) is 0.524. The van der Waals surface area contributed by atoms with Gasteiger partial charge in [0.2, 0.25) is 0 Å². The van der Waals surface area contributed by atoms with Crippen LogP contribution in [-0.2, 0) is 4.74 Å². The molecule has 1 saturated heterocycles. The number of allylic oxidation sites excluding steroid dienone is 2. The van der Waals surface area contributed by atoms with Gasteiger partial charge in [-0.3, -0.25) is 0 Å². The number of hydrogen-bond donors (Lipinski definition) is 0. The molecule has 0 aliphatic carbocycles. The summed E-state index contributed by atoms with van der Waals surface area (Å²) in [7, 11) is 0. The molecule has 1 fully saturated rings. The molecule has 52 valence electrons. The van der Waals surface area contributed by atoms with Gasteiger partial charge in [0.15, 0.2) is 0 Å². The van der Waals surface area contributed by atoms with E-state index in [1.54, 1.807) is 0 Å². The van der Waals surface area contributed by atoms with E-state index in [1.807, 2.05) is 0 Å². The topological polar surface area (TPSA) is 9.23 Å². The first-order valence-corrected chi connectivity index (χ1v) is 3.62. The number of rotatable bonds is 1. The van der Waals surface area contributed by atoms with Crippen LogP contribution in [0.5, 0.6) is 0 Å². The lowest BCUT2D eigenvalue weighted by Crippen LogP contribution is -1.84.